The zero-order chi connectivity index (χ0) is 22.9. The molecule has 3 N–H and O–H groups in total. The van der Waals surface area contributed by atoms with Gasteiger partial charge in [-0.1, -0.05) is 12.1 Å². The molecule has 0 radical (unpaired) electrons. The molecule has 0 saturated carbocycles. The lowest BCUT2D eigenvalue weighted by atomic mass is 10.2. The number of hydrogen-bond acceptors (Lipinski definition) is 3. The number of anilines is 3. The number of carbonyl (C=O) groups is 2. The highest BCUT2D eigenvalue weighted by molar-refractivity contribution is 7.98. The highest BCUT2D eigenvalue weighted by atomic mass is 32.2. The number of rotatable bonds is 7. The highest BCUT2D eigenvalue weighted by Crippen LogP contribution is 2.18. The molecule has 0 aliphatic rings. The quantitative estimate of drug-likeness (QED) is 0.402. The van der Waals surface area contributed by atoms with Gasteiger partial charge in [-0.15, -0.1) is 11.8 Å². The number of nitrogens with zero attached hydrogens (tertiary/aromatic N) is 1. The first-order valence-electron chi connectivity index (χ1n) is 10.0. The van der Waals surface area contributed by atoms with Gasteiger partial charge in [-0.2, -0.15) is 0 Å². The largest absolute Gasteiger partial charge is 0.336 e. The van der Waals surface area contributed by atoms with Crippen LogP contribution < -0.4 is 20.9 Å². The second-order valence-electron chi connectivity index (χ2n) is 7.04. The molecular weight excluding hydrogens is 427 g/mol. The summed E-state index contributed by atoms with van der Waals surface area (Å²) in [6.07, 6.45) is 1.98. The molecule has 0 aliphatic heterocycles. The first kappa shape index (κ1) is 23.1. The van der Waals surface area contributed by atoms with Crippen molar-refractivity contribution in [2.45, 2.75) is 11.8 Å². The maximum absolute atomic E-state index is 13.4. The molecule has 3 aromatic rings. The first-order valence-corrected chi connectivity index (χ1v) is 11.3. The van der Waals surface area contributed by atoms with Crippen LogP contribution in [0, 0.1) is 12.7 Å². The molecule has 4 amide bonds. The number of amides is 4. The molecule has 6 nitrogen and oxygen atoms in total. The molecule has 3 aromatic carbocycles. The van der Waals surface area contributed by atoms with Gasteiger partial charge in [-0.05, 0) is 79.4 Å². The number of thioether (sulfide) groups is 1. The Bertz CT molecular complexity index is 1060. The Morgan fingerprint density at radius 3 is 2.31 bits per heavy atom. The average molecular weight is 453 g/mol. The van der Waals surface area contributed by atoms with E-state index in [-0.39, 0.29) is 25.2 Å². The van der Waals surface area contributed by atoms with Gasteiger partial charge in [0.1, 0.15) is 5.82 Å². The van der Waals surface area contributed by atoms with Crippen LogP contribution in [0.15, 0.2) is 77.7 Å². The van der Waals surface area contributed by atoms with Crippen molar-refractivity contribution in [2.24, 2.45) is 0 Å². The van der Waals surface area contributed by atoms with Crippen LogP contribution in [0.5, 0.6) is 0 Å². The Labute approximate surface area is 191 Å². The van der Waals surface area contributed by atoms with Crippen LogP contribution in [-0.2, 0) is 0 Å². The van der Waals surface area contributed by atoms with Crippen LogP contribution in [0.4, 0.5) is 31.0 Å². The van der Waals surface area contributed by atoms with Crippen LogP contribution in [0.25, 0.3) is 0 Å². The summed E-state index contributed by atoms with van der Waals surface area (Å²) >= 11 is 1.62. The summed E-state index contributed by atoms with van der Waals surface area (Å²) in [5.74, 6) is -0.391. The van der Waals surface area contributed by atoms with E-state index in [9.17, 15) is 14.0 Å². The fourth-order valence-electron chi connectivity index (χ4n) is 3.01. The van der Waals surface area contributed by atoms with Crippen molar-refractivity contribution in [1.29, 1.82) is 0 Å². The minimum Gasteiger partial charge on any atom is -0.336 e. The van der Waals surface area contributed by atoms with Gasteiger partial charge < -0.3 is 16.0 Å². The van der Waals surface area contributed by atoms with Gasteiger partial charge in [0, 0.05) is 35.0 Å². The Hall–Kier alpha value is -3.52. The lowest BCUT2D eigenvalue weighted by Crippen LogP contribution is -2.42. The Morgan fingerprint density at radius 1 is 0.938 bits per heavy atom. The lowest BCUT2D eigenvalue weighted by molar-refractivity contribution is 0.250. The van der Waals surface area contributed by atoms with Crippen molar-refractivity contribution in [3.63, 3.8) is 0 Å². The topological polar surface area (TPSA) is 73.5 Å². The van der Waals surface area contributed by atoms with Gasteiger partial charge in [0.15, 0.2) is 0 Å². The monoisotopic (exact) mass is 452 g/mol. The molecule has 3 rings (SSSR count). The van der Waals surface area contributed by atoms with Crippen molar-refractivity contribution in [1.82, 2.24) is 5.32 Å². The molecule has 0 bridgehead atoms. The van der Waals surface area contributed by atoms with E-state index in [4.69, 9.17) is 0 Å². The molecule has 0 heterocycles. The van der Waals surface area contributed by atoms with Crippen LogP contribution >= 0.6 is 11.8 Å². The molecule has 0 atom stereocenters. The predicted molar refractivity (Wildman–Crippen MR) is 129 cm³/mol. The summed E-state index contributed by atoms with van der Waals surface area (Å²) in [5.41, 5.74) is 2.86. The summed E-state index contributed by atoms with van der Waals surface area (Å²) < 4.78 is 13.4. The van der Waals surface area contributed by atoms with Crippen LogP contribution in [0.1, 0.15) is 5.56 Å². The van der Waals surface area contributed by atoms with E-state index in [0.717, 1.165) is 10.5 Å². The van der Waals surface area contributed by atoms with Crippen molar-refractivity contribution in [3.8, 4) is 0 Å². The van der Waals surface area contributed by atoms with Gasteiger partial charge in [-0.3, -0.25) is 4.90 Å². The van der Waals surface area contributed by atoms with Crippen molar-refractivity contribution in [3.05, 3.63) is 84.2 Å². The second-order valence-corrected chi connectivity index (χ2v) is 7.92. The minimum absolute atomic E-state index is 0.197. The number of benzene rings is 3. The number of hydrogen-bond donors (Lipinski definition) is 3. The van der Waals surface area contributed by atoms with Gasteiger partial charge in [-0.25, -0.2) is 14.0 Å². The smallest absolute Gasteiger partial charge is 0.326 e. The summed E-state index contributed by atoms with van der Waals surface area (Å²) in [6.45, 7) is 2.33. The minimum atomic E-state index is -0.391. The van der Waals surface area contributed by atoms with E-state index >= 15 is 0 Å². The third-order valence-corrected chi connectivity index (χ3v) is 5.37. The molecule has 8 heteroatoms. The average Bonchev–Trinajstić information content (AvgIpc) is 2.78. The summed E-state index contributed by atoms with van der Waals surface area (Å²) in [4.78, 5) is 27.7. The highest BCUT2D eigenvalue weighted by Gasteiger charge is 2.16. The van der Waals surface area contributed by atoms with Gasteiger partial charge >= 0.3 is 12.1 Å². The summed E-state index contributed by atoms with van der Waals surface area (Å²) in [5, 5.41) is 8.36. The van der Waals surface area contributed by atoms with Crippen molar-refractivity contribution < 1.29 is 14.0 Å². The molecular formula is C24H25FN4O2S. The first-order chi connectivity index (χ1) is 15.4. The van der Waals surface area contributed by atoms with Gasteiger partial charge in [0.25, 0.3) is 0 Å². The Balaban J connectivity index is 1.62. The lowest BCUT2D eigenvalue weighted by Gasteiger charge is -2.23. The maximum Gasteiger partial charge on any atom is 0.326 e. The van der Waals surface area contributed by atoms with Gasteiger partial charge in [0.2, 0.25) is 0 Å². The summed E-state index contributed by atoms with van der Waals surface area (Å²) in [7, 11) is 0. The number of nitrogens with one attached hydrogen (secondary N) is 3. The molecule has 0 aromatic heterocycles. The number of urea groups is 2. The van der Waals surface area contributed by atoms with Crippen LogP contribution in [0.3, 0.4) is 0 Å². The molecule has 166 valence electrons. The second kappa shape index (κ2) is 11.2. The van der Waals surface area contributed by atoms with Crippen LogP contribution in [0.2, 0.25) is 0 Å². The van der Waals surface area contributed by atoms with Crippen molar-refractivity contribution in [2.75, 3.05) is 34.9 Å². The fraction of sp³-hybridized carbons (Fsp3) is 0.167. The molecule has 32 heavy (non-hydrogen) atoms. The Morgan fingerprint density at radius 2 is 1.66 bits per heavy atom. The molecule has 0 unspecified atom stereocenters. The normalized spacial score (nSPS) is 10.3. The number of carbonyl (C=O) groups excluding carboxylic acids is 2. The van der Waals surface area contributed by atoms with E-state index in [1.54, 1.807) is 17.8 Å². The molecule has 0 spiro atoms. The predicted octanol–water partition coefficient (Wildman–Crippen LogP) is 5.72. The van der Waals surface area contributed by atoms with E-state index in [0.29, 0.717) is 17.1 Å². The molecule has 0 aliphatic carbocycles. The Kier molecular flexibility index (Phi) is 8.10. The van der Waals surface area contributed by atoms with E-state index in [1.165, 1.54) is 29.2 Å². The SMILES string of the molecule is CSc1ccc(NC(=O)NCCN(C(=O)Nc2cccc(C)c2)c2ccc(F)cc2)cc1. The van der Waals surface area contributed by atoms with E-state index in [1.807, 2.05) is 55.6 Å². The number of halogens is 1. The molecule has 0 fully saturated rings. The third-order valence-electron chi connectivity index (χ3n) is 4.62. The molecule has 0 saturated heterocycles. The van der Waals surface area contributed by atoms with E-state index < -0.39 is 5.82 Å². The van der Waals surface area contributed by atoms with Crippen LogP contribution in [-0.4, -0.2) is 31.4 Å². The number of aryl methyl sites for hydroxylation is 1. The standard InChI is InChI=1S/C24H25FN4O2S/c1-17-4-3-5-20(16-17)28-24(31)29(21-10-6-18(25)7-11-21)15-14-26-23(30)27-19-8-12-22(32-2)13-9-19/h3-13,16H,14-15H2,1-2H3,(H,28,31)(H2,26,27,30). The fourth-order valence-corrected chi connectivity index (χ4v) is 3.42. The third kappa shape index (κ3) is 6.75. The maximum atomic E-state index is 13.4. The zero-order valence-corrected chi connectivity index (χ0v) is 18.7. The van der Waals surface area contributed by atoms with Gasteiger partial charge in [0.05, 0.1) is 0 Å². The zero-order valence-electron chi connectivity index (χ0n) is 17.9. The summed E-state index contributed by atoms with van der Waals surface area (Å²) in [6, 6.07) is 19.8. The van der Waals surface area contributed by atoms with E-state index in [2.05, 4.69) is 16.0 Å². The van der Waals surface area contributed by atoms with Crippen molar-refractivity contribution >= 4 is 40.9 Å².